The van der Waals surface area contributed by atoms with E-state index in [2.05, 4.69) is 14.7 Å². The normalized spacial score (nSPS) is 12.9. The first kappa shape index (κ1) is 10.4. The molecule has 0 aliphatic heterocycles. The maximum atomic E-state index is 11.3. The molecule has 0 aromatic carbocycles. The van der Waals surface area contributed by atoms with Crippen LogP contribution in [0.25, 0.3) is 0 Å². The molecule has 0 radical (unpaired) electrons. The predicted molar refractivity (Wildman–Crippen MR) is 53.9 cm³/mol. The molecule has 0 spiro atoms. The van der Waals surface area contributed by atoms with Crippen LogP contribution in [0, 0.1) is 0 Å². The molecule has 1 rings (SSSR count). The van der Waals surface area contributed by atoms with Gasteiger partial charge in [0.1, 0.15) is 11.0 Å². The van der Waals surface area contributed by atoms with Crippen molar-refractivity contribution in [2.75, 3.05) is 4.72 Å². The van der Waals surface area contributed by atoms with Crippen molar-refractivity contribution in [3.05, 3.63) is 17.5 Å². The molecule has 1 atom stereocenters. The van der Waals surface area contributed by atoms with Gasteiger partial charge in [-0.3, -0.25) is 4.72 Å². The summed E-state index contributed by atoms with van der Waals surface area (Å²) in [5.74, 6) is 0.358. The summed E-state index contributed by atoms with van der Waals surface area (Å²) in [5.41, 5.74) is 0. The maximum Gasteiger partial charge on any atom is 0.175 e. The van der Waals surface area contributed by atoms with Crippen molar-refractivity contribution in [3.8, 4) is 0 Å². The maximum absolute atomic E-state index is 11.3. The zero-order valence-corrected chi connectivity index (χ0v) is 8.89. The van der Waals surface area contributed by atoms with E-state index in [1.54, 1.807) is 0 Å². The Balaban J connectivity index is 2.75. The van der Waals surface area contributed by atoms with Gasteiger partial charge < -0.3 is 0 Å². The lowest BCUT2D eigenvalue weighted by Gasteiger charge is -2.07. The first-order valence-corrected chi connectivity index (χ1v) is 5.34. The molecular formula is C7H10ClN3OS. The van der Waals surface area contributed by atoms with Gasteiger partial charge in [0, 0.05) is 17.6 Å². The molecule has 1 aromatic heterocycles. The second-order valence-corrected chi connectivity index (χ2v) is 4.74. The molecule has 1 heterocycles. The zero-order valence-electron chi connectivity index (χ0n) is 7.32. The van der Waals surface area contributed by atoms with Gasteiger partial charge in [0.2, 0.25) is 0 Å². The average molecular weight is 220 g/mol. The second-order valence-electron chi connectivity index (χ2n) is 2.64. The number of anilines is 1. The van der Waals surface area contributed by atoms with Gasteiger partial charge in [0.15, 0.2) is 11.0 Å². The molecule has 1 N–H and O–H groups in total. The fourth-order valence-corrected chi connectivity index (χ4v) is 1.39. The molecule has 72 valence electrons. The number of halogens is 1. The standard InChI is InChI=1S/C7H10ClN3OS/c1-5(2)13(12)11-7-6(8)9-3-4-10-7/h3-5H,1-2H3,(H,10,11). The van der Waals surface area contributed by atoms with Crippen molar-refractivity contribution < 1.29 is 4.21 Å². The molecule has 6 heteroatoms. The van der Waals surface area contributed by atoms with Crippen LogP contribution in [0.2, 0.25) is 5.15 Å². The van der Waals surface area contributed by atoms with Crippen molar-refractivity contribution in [3.63, 3.8) is 0 Å². The summed E-state index contributed by atoms with van der Waals surface area (Å²) in [6.45, 7) is 3.68. The number of aromatic nitrogens is 2. The lowest BCUT2D eigenvalue weighted by molar-refractivity contribution is 0.680. The topological polar surface area (TPSA) is 54.9 Å². The molecule has 1 aromatic rings. The van der Waals surface area contributed by atoms with Gasteiger partial charge in [0.25, 0.3) is 0 Å². The average Bonchev–Trinajstić information content (AvgIpc) is 2.08. The van der Waals surface area contributed by atoms with Crippen LogP contribution in [0.15, 0.2) is 12.4 Å². The van der Waals surface area contributed by atoms with Crippen molar-refractivity contribution in [2.24, 2.45) is 0 Å². The molecule has 1 unspecified atom stereocenters. The fourth-order valence-electron chi connectivity index (χ4n) is 0.603. The summed E-state index contributed by atoms with van der Waals surface area (Å²) in [4.78, 5) is 7.70. The number of nitrogens with zero attached hydrogens (tertiary/aromatic N) is 2. The molecule has 4 nitrogen and oxygen atoms in total. The van der Waals surface area contributed by atoms with Crippen LogP contribution in [-0.2, 0) is 11.0 Å². The van der Waals surface area contributed by atoms with Gasteiger partial charge >= 0.3 is 0 Å². The van der Waals surface area contributed by atoms with Crippen molar-refractivity contribution >= 4 is 28.4 Å². The highest BCUT2D eigenvalue weighted by molar-refractivity contribution is 7.86. The summed E-state index contributed by atoms with van der Waals surface area (Å²) in [5, 5.41) is 0.245. The van der Waals surface area contributed by atoms with Crippen LogP contribution in [0.5, 0.6) is 0 Å². The Morgan fingerprint density at radius 1 is 1.46 bits per heavy atom. The molecule has 0 bridgehead atoms. The lowest BCUT2D eigenvalue weighted by atomic mass is 10.6. The molecule has 13 heavy (non-hydrogen) atoms. The van der Waals surface area contributed by atoms with Gasteiger partial charge in [0.05, 0.1) is 0 Å². The largest absolute Gasteiger partial charge is 0.287 e. The van der Waals surface area contributed by atoms with Gasteiger partial charge in [-0.15, -0.1) is 0 Å². The van der Waals surface area contributed by atoms with E-state index in [9.17, 15) is 4.21 Å². The Bertz CT molecular complexity index is 318. The highest BCUT2D eigenvalue weighted by Crippen LogP contribution is 2.15. The summed E-state index contributed by atoms with van der Waals surface area (Å²) >= 11 is 5.70. The first-order chi connectivity index (χ1) is 6.11. The zero-order chi connectivity index (χ0) is 9.84. The first-order valence-electron chi connectivity index (χ1n) is 3.75. The fraction of sp³-hybridized carbons (Fsp3) is 0.429. The van der Waals surface area contributed by atoms with E-state index in [1.165, 1.54) is 12.4 Å². The van der Waals surface area contributed by atoms with Gasteiger partial charge in [-0.2, -0.15) is 0 Å². The Kier molecular flexibility index (Phi) is 3.62. The van der Waals surface area contributed by atoms with Crippen LogP contribution < -0.4 is 4.72 Å². The van der Waals surface area contributed by atoms with Crippen molar-refractivity contribution in [2.45, 2.75) is 19.1 Å². The van der Waals surface area contributed by atoms with E-state index >= 15 is 0 Å². The minimum Gasteiger partial charge on any atom is -0.287 e. The van der Waals surface area contributed by atoms with E-state index in [-0.39, 0.29) is 10.4 Å². The van der Waals surface area contributed by atoms with E-state index < -0.39 is 11.0 Å². The van der Waals surface area contributed by atoms with Gasteiger partial charge in [-0.1, -0.05) is 11.6 Å². The molecule has 0 saturated heterocycles. The molecule has 0 aliphatic carbocycles. The van der Waals surface area contributed by atoms with E-state index in [4.69, 9.17) is 11.6 Å². The van der Waals surface area contributed by atoms with E-state index in [1.807, 2.05) is 13.8 Å². The smallest absolute Gasteiger partial charge is 0.175 e. The second kappa shape index (κ2) is 4.53. The highest BCUT2D eigenvalue weighted by Gasteiger charge is 2.08. The van der Waals surface area contributed by atoms with Crippen LogP contribution in [0.3, 0.4) is 0 Å². The number of nitrogens with one attached hydrogen (secondary N) is 1. The molecule has 0 amide bonds. The lowest BCUT2D eigenvalue weighted by Crippen LogP contribution is -2.15. The monoisotopic (exact) mass is 219 g/mol. The van der Waals surface area contributed by atoms with Gasteiger partial charge in [-0.25, -0.2) is 14.2 Å². The highest BCUT2D eigenvalue weighted by atomic mass is 35.5. The Hall–Kier alpha value is -0.680. The number of hydrogen-bond acceptors (Lipinski definition) is 3. The minimum atomic E-state index is -1.17. The van der Waals surface area contributed by atoms with E-state index in [0.29, 0.717) is 5.82 Å². The minimum absolute atomic E-state index is 0.0121. The predicted octanol–water partition coefficient (Wildman–Crippen LogP) is 1.61. The third-order valence-electron chi connectivity index (χ3n) is 1.28. The Labute approximate surface area is 84.3 Å². The van der Waals surface area contributed by atoms with Gasteiger partial charge in [-0.05, 0) is 13.8 Å². The summed E-state index contributed by atoms with van der Waals surface area (Å²) in [7, 11) is -1.17. The summed E-state index contributed by atoms with van der Waals surface area (Å²) < 4.78 is 14.0. The molecular weight excluding hydrogens is 210 g/mol. The Morgan fingerprint density at radius 2 is 2.08 bits per heavy atom. The molecule has 0 saturated carbocycles. The number of hydrogen-bond donors (Lipinski definition) is 1. The molecule has 0 fully saturated rings. The van der Waals surface area contributed by atoms with Crippen LogP contribution >= 0.6 is 11.6 Å². The van der Waals surface area contributed by atoms with Crippen molar-refractivity contribution in [1.29, 1.82) is 0 Å². The quantitative estimate of drug-likeness (QED) is 0.841. The number of rotatable bonds is 3. The van der Waals surface area contributed by atoms with Crippen LogP contribution in [0.1, 0.15) is 13.8 Å². The van der Waals surface area contributed by atoms with Crippen LogP contribution in [0.4, 0.5) is 5.82 Å². The van der Waals surface area contributed by atoms with E-state index in [0.717, 1.165) is 0 Å². The summed E-state index contributed by atoms with van der Waals surface area (Å²) in [6.07, 6.45) is 2.97. The van der Waals surface area contributed by atoms with Crippen LogP contribution in [-0.4, -0.2) is 19.4 Å². The summed E-state index contributed by atoms with van der Waals surface area (Å²) in [6, 6.07) is 0. The third kappa shape index (κ3) is 2.93. The molecule has 0 aliphatic rings. The van der Waals surface area contributed by atoms with Crippen molar-refractivity contribution in [1.82, 2.24) is 9.97 Å². The SMILES string of the molecule is CC(C)S(=O)Nc1nccnc1Cl. The third-order valence-corrected chi connectivity index (χ3v) is 2.81. The Morgan fingerprint density at radius 3 is 2.62 bits per heavy atom.